The molecule has 0 aliphatic carbocycles. The molecule has 0 saturated carbocycles. The zero-order valence-corrected chi connectivity index (χ0v) is 16.0. The van der Waals surface area contributed by atoms with Crippen LogP contribution < -0.4 is 5.32 Å². The summed E-state index contributed by atoms with van der Waals surface area (Å²) in [6.45, 7) is 0. The Morgan fingerprint density at radius 3 is 2.16 bits per heavy atom. The monoisotopic (exact) mass is 394 g/mol. The van der Waals surface area contributed by atoms with Crippen LogP contribution in [0.4, 0.5) is 0 Å². The van der Waals surface area contributed by atoms with Gasteiger partial charge in [0.25, 0.3) is 0 Å². The summed E-state index contributed by atoms with van der Waals surface area (Å²) in [4.78, 5) is 14.7. The van der Waals surface area contributed by atoms with Crippen LogP contribution in [0, 0.1) is 0 Å². The van der Waals surface area contributed by atoms with Gasteiger partial charge in [0, 0.05) is 17.1 Å². The summed E-state index contributed by atoms with van der Waals surface area (Å²) in [6.07, 6.45) is 0. The number of hydrogen-bond donors (Lipinski definition) is 1. The topological polar surface area (TPSA) is 41.6 Å². The van der Waals surface area contributed by atoms with E-state index in [0.717, 1.165) is 11.1 Å². The normalized spacial score (nSPS) is 22.6. The van der Waals surface area contributed by atoms with Crippen molar-refractivity contribution in [3.63, 3.8) is 0 Å². The quantitative estimate of drug-likeness (QED) is 0.630. The fourth-order valence-corrected chi connectivity index (χ4v) is 3.76. The molecule has 0 radical (unpaired) electrons. The van der Waals surface area contributed by atoms with Gasteiger partial charge in [0.15, 0.2) is 10.7 Å². The molecule has 2 aromatic rings. The van der Waals surface area contributed by atoms with E-state index in [1.165, 1.54) is 7.11 Å². The molecular weight excluding hydrogens is 379 g/mol. The Kier molecular flexibility index (Phi) is 4.91. The minimum atomic E-state index is -1.15. The van der Waals surface area contributed by atoms with Gasteiger partial charge in [-0.15, -0.1) is 0 Å². The van der Waals surface area contributed by atoms with Gasteiger partial charge in [-0.3, -0.25) is 0 Å². The van der Waals surface area contributed by atoms with E-state index in [9.17, 15) is 4.79 Å². The molecule has 0 bridgehead atoms. The second-order valence-electron chi connectivity index (χ2n) is 5.76. The summed E-state index contributed by atoms with van der Waals surface area (Å²) in [7, 11) is 3.14. The minimum absolute atomic E-state index is 0.412. The fourth-order valence-electron chi connectivity index (χ4n) is 3.25. The molecular formula is C18H16Cl2N2O2S. The van der Waals surface area contributed by atoms with Crippen LogP contribution in [0.3, 0.4) is 0 Å². The highest BCUT2D eigenvalue weighted by atomic mass is 35.5. The lowest BCUT2D eigenvalue weighted by molar-refractivity contribution is -0.153. The summed E-state index contributed by atoms with van der Waals surface area (Å²) in [5.74, 6) is -0.412. The molecule has 1 heterocycles. The van der Waals surface area contributed by atoms with Crippen molar-refractivity contribution in [1.82, 2.24) is 10.2 Å². The number of hydrogen-bond acceptors (Lipinski definition) is 3. The molecule has 0 unspecified atom stereocenters. The van der Waals surface area contributed by atoms with Gasteiger partial charge in [-0.2, -0.15) is 0 Å². The lowest BCUT2D eigenvalue weighted by Gasteiger charge is -2.37. The predicted octanol–water partition coefficient (Wildman–Crippen LogP) is 3.92. The van der Waals surface area contributed by atoms with Crippen LogP contribution in [0.1, 0.15) is 17.2 Å². The van der Waals surface area contributed by atoms with E-state index in [1.807, 2.05) is 24.3 Å². The summed E-state index contributed by atoms with van der Waals surface area (Å²) < 4.78 is 5.18. The molecule has 2 aromatic carbocycles. The number of carbonyl (C=O) groups is 1. The van der Waals surface area contributed by atoms with Crippen molar-refractivity contribution in [2.24, 2.45) is 0 Å². The average molecular weight is 395 g/mol. The van der Waals surface area contributed by atoms with Gasteiger partial charge in [0.2, 0.25) is 0 Å². The third kappa shape index (κ3) is 2.86. The molecule has 0 spiro atoms. The largest absolute Gasteiger partial charge is 0.467 e. The van der Waals surface area contributed by atoms with Gasteiger partial charge in [0.05, 0.1) is 13.2 Å². The first-order valence-electron chi connectivity index (χ1n) is 7.55. The van der Waals surface area contributed by atoms with Gasteiger partial charge < -0.3 is 15.0 Å². The second-order valence-corrected chi connectivity index (χ2v) is 7.02. The number of carbonyl (C=O) groups excluding carboxylic acids is 1. The van der Waals surface area contributed by atoms with Crippen LogP contribution in [-0.2, 0) is 15.1 Å². The van der Waals surface area contributed by atoms with Crippen LogP contribution in [0.25, 0.3) is 0 Å². The lowest BCUT2D eigenvalue weighted by atomic mass is 9.79. The highest BCUT2D eigenvalue weighted by Gasteiger charge is 2.58. The maximum Gasteiger partial charge on any atom is 0.339 e. The Bertz CT molecular complexity index is 811. The van der Waals surface area contributed by atoms with Crippen molar-refractivity contribution in [2.45, 2.75) is 11.6 Å². The van der Waals surface area contributed by atoms with Crippen molar-refractivity contribution in [3.8, 4) is 0 Å². The molecule has 4 nitrogen and oxygen atoms in total. The van der Waals surface area contributed by atoms with Crippen LogP contribution in [0.2, 0.25) is 10.0 Å². The van der Waals surface area contributed by atoms with Gasteiger partial charge in [-0.1, -0.05) is 47.5 Å². The summed E-state index contributed by atoms with van der Waals surface area (Å²) >= 11 is 17.5. The first-order chi connectivity index (χ1) is 11.9. The first-order valence-corrected chi connectivity index (χ1v) is 8.72. The number of methoxy groups -OCH3 is 1. The van der Waals surface area contributed by atoms with Crippen LogP contribution in [-0.4, -0.2) is 30.1 Å². The molecule has 1 aliphatic heterocycles. The number of rotatable bonds is 3. The van der Waals surface area contributed by atoms with Crippen molar-refractivity contribution >= 4 is 46.5 Å². The molecule has 25 heavy (non-hydrogen) atoms. The molecule has 1 aliphatic rings. The van der Waals surface area contributed by atoms with E-state index in [2.05, 4.69) is 5.32 Å². The summed E-state index contributed by atoms with van der Waals surface area (Å²) in [5, 5.41) is 4.90. The molecule has 1 fully saturated rings. The highest BCUT2D eigenvalue weighted by molar-refractivity contribution is 7.80. The minimum Gasteiger partial charge on any atom is -0.467 e. The van der Waals surface area contributed by atoms with Crippen molar-refractivity contribution in [1.29, 1.82) is 0 Å². The lowest BCUT2D eigenvalue weighted by Crippen LogP contribution is -2.50. The molecule has 3 rings (SSSR count). The van der Waals surface area contributed by atoms with Crippen molar-refractivity contribution < 1.29 is 9.53 Å². The summed E-state index contributed by atoms with van der Waals surface area (Å²) in [6, 6.07) is 14.0. The standard InChI is InChI=1S/C18H16Cl2N2O2S/c1-22-17(25)21-15(11-3-7-13(19)8-4-11)18(22,16(23)24-2)12-5-9-14(20)10-6-12/h3-10,15H,1-2H3,(H,21,25)/t15-,18+/m1/s1. The fraction of sp³-hybridized carbons (Fsp3) is 0.222. The Morgan fingerprint density at radius 2 is 1.64 bits per heavy atom. The number of thiocarbonyl (C=S) groups is 1. The molecule has 1 N–H and O–H groups in total. The number of esters is 1. The molecule has 0 aromatic heterocycles. The van der Waals surface area contributed by atoms with Gasteiger partial charge in [-0.25, -0.2) is 4.79 Å². The van der Waals surface area contributed by atoms with E-state index in [4.69, 9.17) is 40.2 Å². The highest BCUT2D eigenvalue weighted by Crippen LogP contribution is 2.45. The van der Waals surface area contributed by atoms with E-state index < -0.39 is 17.6 Å². The average Bonchev–Trinajstić information content (AvgIpc) is 2.88. The molecule has 130 valence electrons. The SMILES string of the molecule is COC(=O)[C@]1(c2ccc(Cl)cc2)[C@@H](c2ccc(Cl)cc2)NC(=S)N1C. The van der Waals surface area contributed by atoms with Gasteiger partial charge >= 0.3 is 5.97 Å². The maximum absolute atomic E-state index is 13.0. The first kappa shape index (κ1) is 18.0. The van der Waals surface area contributed by atoms with E-state index >= 15 is 0 Å². The molecule has 2 atom stereocenters. The van der Waals surface area contributed by atoms with Gasteiger partial charge in [0.1, 0.15) is 0 Å². The summed E-state index contributed by atoms with van der Waals surface area (Å²) in [5.41, 5.74) is 0.458. The smallest absolute Gasteiger partial charge is 0.339 e. The Morgan fingerprint density at radius 1 is 1.12 bits per heavy atom. The van der Waals surface area contributed by atoms with E-state index in [1.54, 1.807) is 36.2 Å². The Labute approximate surface area is 161 Å². The van der Waals surface area contributed by atoms with E-state index in [0.29, 0.717) is 15.2 Å². The second kappa shape index (κ2) is 6.83. The molecule has 7 heteroatoms. The Balaban J connectivity index is 2.24. The maximum atomic E-state index is 13.0. The van der Waals surface area contributed by atoms with E-state index in [-0.39, 0.29) is 0 Å². The number of nitrogens with zero attached hydrogens (tertiary/aromatic N) is 1. The van der Waals surface area contributed by atoms with Crippen LogP contribution in [0.5, 0.6) is 0 Å². The number of benzene rings is 2. The number of likely N-dealkylation sites (N-methyl/N-ethyl adjacent to an activating group) is 1. The molecule has 0 amide bonds. The predicted molar refractivity (Wildman–Crippen MR) is 103 cm³/mol. The van der Waals surface area contributed by atoms with Crippen molar-refractivity contribution in [2.75, 3.05) is 14.2 Å². The zero-order chi connectivity index (χ0) is 18.2. The Hall–Kier alpha value is -1.82. The van der Waals surface area contributed by atoms with Gasteiger partial charge in [-0.05, 0) is 47.6 Å². The third-order valence-corrected chi connectivity index (χ3v) is 5.40. The molecule has 1 saturated heterocycles. The van der Waals surface area contributed by atoms with Crippen LogP contribution in [0.15, 0.2) is 48.5 Å². The number of ether oxygens (including phenoxy) is 1. The third-order valence-electron chi connectivity index (χ3n) is 4.50. The number of halogens is 2. The van der Waals surface area contributed by atoms with Crippen molar-refractivity contribution in [3.05, 3.63) is 69.7 Å². The van der Waals surface area contributed by atoms with Crippen LogP contribution >= 0.6 is 35.4 Å². The zero-order valence-electron chi connectivity index (χ0n) is 13.6. The number of nitrogens with one attached hydrogen (secondary N) is 1.